The van der Waals surface area contributed by atoms with Crippen LogP contribution in [0.3, 0.4) is 0 Å². The van der Waals surface area contributed by atoms with Crippen molar-refractivity contribution in [2.75, 3.05) is 18.0 Å². The van der Waals surface area contributed by atoms with Gasteiger partial charge in [-0.05, 0) is 18.2 Å². The van der Waals surface area contributed by atoms with Crippen molar-refractivity contribution in [3.63, 3.8) is 0 Å². The number of halogens is 1. The highest BCUT2D eigenvalue weighted by Crippen LogP contribution is 2.20. The highest BCUT2D eigenvalue weighted by Gasteiger charge is 2.33. The Morgan fingerprint density at radius 1 is 1.41 bits per heavy atom. The molecule has 1 aliphatic rings. The van der Waals surface area contributed by atoms with Crippen LogP contribution in [0.25, 0.3) is 0 Å². The van der Waals surface area contributed by atoms with Crippen molar-refractivity contribution in [3.8, 4) is 0 Å². The fourth-order valence-electron chi connectivity index (χ4n) is 1.69. The van der Waals surface area contributed by atoms with E-state index >= 15 is 0 Å². The zero-order valence-electron chi connectivity index (χ0n) is 8.89. The fourth-order valence-corrected chi connectivity index (χ4v) is 1.69. The molecule has 17 heavy (non-hydrogen) atoms. The summed E-state index contributed by atoms with van der Waals surface area (Å²) in [6.45, 7) is 0.536. The summed E-state index contributed by atoms with van der Waals surface area (Å²) in [5, 5.41) is 0. The Hall–Kier alpha value is -2.15. The van der Waals surface area contributed by atoms with Crippen molar-refractivity contribution in [2.24, 2.45) is 5.84 Å². The van der Waals surface area contributed by atoms with Crippen molar-refractivity contribution in [1.82, 2.24) is 10.3 Å². The average Bonchev–Trinajstić information content (AvgIpc) is 2.70. The molecule has 0 atom stereocenters. The van der Waals surface area contributed by atoms with Crippen LogP contribution < -0.4 is 16.2 Å². The number of nitrogens with zero attached hydrogens (tertiary/aromatic N) is 2. The van der Waals surface area contributed by atoms with Gasteiger partial charge in [0.1, 0.15) is 5.82 Å². The summed E-state index contributed by atoms with van der Waals surface area (Å²) in [5.74, 6) is 4.52. The quantitative estimate of drug-likeness (QED) is 0.428. The Morgan fingerprint density at radius 3 is 2.82 bits per heavy atom. The van der Waals surface area contributed by atoms with Crippen LogP contribution in [0.5, 0.6) is 0 Å². The summed E-state index contributed by atoms with van der Waals surface area (Å²) in [4.78, 5) is 25.3. The van der Waals surface area contributed by atoms with Gasteiger partial charge in [0.05, 0.1) is 6.54 Å². The van der Waals surface area contributed by atoms with Crippen LogP contribution in [0.15, 0.2) is 24.3 Å². The van der Waals surface area contributed by atoms with E-state index in [-0.39, 0.29) is 6.54 Å². The SMILES string of the molecule is NNC(=O)N1CCN(c2cccc(F)c2)C1=O. The number of anilines is 1. The molecule has 7 heteroatoms. The molecule has 4 amide bonds. The van der Waals surface area contributed by atoms with Gasteiger partial charge in [-0.1, -0.05) is 6.07 Å². The van der Waals surface area contributed by atoms with E-state index in [1.165, 1.54) is 23.1 Å². The number of nitrogens with one attached hydrogen (secondary N) is 1. The lowest BCUT2D eigenvalue weighted by molar-refractivity contribution is 0.200. The number of carbonyl (C=O) groups is 2. The zero-order valence-corrected chi connectivity index (χ0v) is 8.89. The van der Waals surface area contributed by atoms with Crippen LogP contribution in [0, 0.1) is 5.82 Å². The number of hydrazine groups is 1. The van der Waals surface area contributed by atoms with Gasteiger partial charge >= 0.3 is 12.1 Å². The predicted molar refractivity (Wildman–Crippen MR) is 58.6 cm³/mol. The maximum Gasteiger partial charge on any atom is 0.339 e. The predicted octanol–water partition coefficient (Wildman–Crippen LogP) is 0.651. The molecule has 0 unspecified atom stereocenters. The van der Waals surface area contributed by atoms with Crippen LogP contribution in [-0.2, 0) is 0 Å². The molecule has 0 saturated carbocycles. The number of carbonyl (C=O) groups excluding carboxylic acids is 2. The van der Waals surface area contributed by atoms with Gasteiger partial charge in [-0.2, -0.15) is 0 Å². The van der Waals surface area contributed by atoms with E-state index in [0.29, 0.717) is 12.2 Å². The molecule has 3 N–H and O–H groups in total. The topological polar surface area (TPSA) is 78.7 Å². The van der Waals surface area contributed by atoms with Gasteiger partial charge in [-0.3, -0.25) is 10.3 Å². The molecule has 0 aliphatic carbocycles. The zero-order chi connectivity index (χ0) is 12.4. The molecule has 0 bridgehead atoms. The van der Waals surface area contributed by atoms with E-state index in [2.05, 4.69) is 0 Å². The summed E-state index contributed by atoms with van der Waals surface area (Å²) < 4.78 is 13.0. The summed E-state index contributed by atoms with van der Waals surface area (Å²) in [7, 11) is 0. The van der Waals surface area contributed by atoms with E-state index < -0.39 is 17.9 Å². The lowest BCUT2D eigenvalue weighted by Gasteiger charge is -2.17. The third kappa shape index (κ3) is 2.04. The largest absolute Gasteiger partial charge is 0.339 e. The van der Waals surface area contributed by atoms with Gasteiger partial charge in [0, 0.05) is 12.2 Å². The molecular formula is C10H11FN4O2. The van der Waals surface area contributed by atoms with E-state index in [4.69, 9.17) is 5.84 Å². The number of amides is 4. The Kier molecular flexibility index (Phi) is 2.92. The Morgan fingerprint density at radius 2 is 2.18 bits per heavy atom. The molecule has 0 spiro atoms. The Balaban J connectivity index is 2.20. The second-order valence-corrected chi connectivity index (χ2v) is 3.52. The lowest BCUT2D eigenvalue weighted by Crippen LogP contribution is -2.45. The Bertz CT molecular complexity index is 465. The van der Waals surface area contributed by atoms with Crippen LogP contribution in [-0.4, -0.2) is 30.1 Å². The minimum absolute atomic E-state index is 0.221. The number of benzene rings is 1. The second-order valence-electron chi connectivity index (χ2n) is 3.52. The normalized spacial score (nSPS) is 15.3. The van der Waals surface area contributed by atoms with Gasteiger partial charge in [0.2, 0.25) is 0 Å². The van der Waals surface area contributed by atoms with Gasteiger partial charge < -0.3 is 0 Å². The van der Waals surface area contributed by atoms with Crippen molar-refractivity contribution in [2.45, 2.75) is 0 Å². The third-order valence-electron chi connectivity index (χ3n) is 2.50. The maximum absolute atomic E-state index is 13.0. The summed E-state index contributed by atoms with van der Waals surface area (Å²) in [5.41, 5.74) is 2.30. The molecule has 1 saturated heterocycles. The fraction of sp³-hybridized carbons (Fsp3) is 0.200. The van der Waals surface area contributed by atoms with Crippen molar-refractivity contribution in [3.05, 3.63) is 30.1 Å². The summed E-state index contributed by atoms with van der Waals surface area (Å²) in [6, 6.07) is 4.44. The molecule has 0 aromatic heterocycles. The molecular weight excluding hydrogens is 227 g/mol. The molecule has 0 radical (unpaired) electrons. The van der Waals surface area contributed by atoms with E-state index in [1.54, 1.807) is 6.07 Å². The lowest BCUT2D eigenvalue weighted by atomic mass is 10.3. The van der Waals surface area contributed by atoms with Gasteiger partial charge in [-0.15, -0.1) is 0 Å². The molecule has 1 heterocycles. The first-order chi connectivity index (χ1) is 8.13. The van der Waals surface area contributed by atoms with E-state index in [9.17, 15) is 14.0 Å². The minimum Gasteiger partial charge on any atom is -0.292 e. The number of hydrogen-bond donors (Lipinski definition) is 2. The van der Waals surface area contributed by atoms with Crippen molar-refractivity contribution >= 4 is 17.7 Å². The number of urea groups is 2. The minimum atomic E-state index is -0.672. The standard InChI is InChI=1S/C10H11FN4O2/c11-7-2-1-3-8(6-7)14-4-5-15(10(14)17)9(16)13-12/h1-3,6H,4-5,12H2,(H,13,16). The first-order valence-corrected chi connectivity index (χ1v) is 4.98. The Labute approximate surface area is 96.8 Å². The molecule has 1 aromatic carbocycles. The van der Waals surface area contributed by atoms with E-state index in [1.807, 2.05) is 5.43 Å². The molecule has 1 fully saturated rings. The first-order valence-electron chi connectivity index (χ1n) is 4.98. The number of nitrogens with two attached hydrogens (primary N) is 1. The third-order valence-corrected chi connectivity index (χ3v) is 2.50. The molecule has 90 valence electrons. The number of imide groups is 1. The monoisotopic (exact) mass is 238 g/mol. The van der Waals surface area contributed by atoms with Crippen LogP contribution in [0.1, 0.15) is 0 Å². The van der Waals surface area contributed by atoms with Crippen molar-refractivity contribution < 1.29 is 14.0 Å². The second kappa shape index (κ2) is 4.38. The van der Waals surface area contributed by atoms with Crippen LogP contribution in [0.4, 0.5) is 19.7 Å². The molecule has 1 aliphatic heterocycles. The molecule has 1 aromatic rings. The van der Waals surface area contributed by atoms with Crippen LogP contribution >= 0.6 is 0 Å². The maximum atomic E-state index is 13.0. The van der Waals surface area contributed by atoms with Gasteiger partial charge in [0.15, 0.2) is 0 Å². The first kappa shape index (κ1) is 11.3. The summed E-state index contributed by atoms with van der Waals surface area (Å²) >= 11 is 0. The highest BCUT2D eigenvalue weighted by molar-refractivity contribution is 6.04. The van der Waals surface area contributed by atoms with Gasteiger partial charge in [0.25, 0.3) is 0 Å². The molecule has 6 nitrogen and oxygen atoms in total. The van der Waals surface area contributed by atoms with Gasteiger partial charge in [-0.25, -0.2) is 24.7 Å². The smallest absolute Gasteiger partial charge is 0.292 e. The summed E-state index contributed by atoms with van der Waals surface area (Å²) in [6.07, 6.45) is 0. The van der Waals surface area contributed by atoms with Crippen LogP contribution in [0.2, 0.25) is 0 Å². The van der Waals surface area contributed by atoms with Crippen molar-refractivity contribution in [1.29, 1.82) is 0 Å². The molecule has 2 rings (SSSR count). The number of hydrogen-bond acceptors (Lipinski definition) is 3. The number of rotatable bonds is 1. The highest BCUT2D eigenvalue weighted by atomic mass is 19.1. The average molecular weight is 238 g/mol. The van der Waals surface area contributed by atoms with E-state index in [0.717, 1.165) is 4.90 Å².